The van der Waals surface area contributed by atoms with Crippen molar-refractivity contribution in [1.82, 2.24) is 0 Å². The van der Waals surface area contributed by atoms with Gasteiger partial charge in [-0.05, 0) is 38.7 Å². The maximum Gasteiger partial charge on any atom is 0.0771 e. The molecule has 14 heavy (non-hydrogen) atoms. The zero-order valence-corrected chi connectivity index (χ0v) is 9.12. The molecule has 0 aromatic carbocycles. The van der Waals surface area contributed by atoms with Gasteiger partial charge in [-0.15, -0.1) is 0 Å². The third-order valence-corrected chi connectivity index (χ3v) is 2.17. The minimum atomic E-state index is -0.671. The summed E-state index contributed by atoms with van der Waals surface area (Å²) in [5.41, 5.74) is 0.747. The molecule has 1 aliphatic heterocycles. The van der Waals surface area contributed by atoms with Crippen molar-refractivity contribution in [2.24, 2.45) is 0 Å². The predicted molar refractivity (Wildman–Crippen MR) is 58.2 cm³/mol. The largest absolute Gasteiger partial charge is 0.386 e. The second-order valence-corrected chi connectivity index (χ2v) is 4.33. The second-order valence-electron chi connectivity index (χ2n) is 4.33. The van der Waals surface area contributed by atoms with E-state index in [4.69, 9.17) is 4.74 Å². The van der Waals surface area contributed by atoms with Crippen LogP contribution in [0.4, 0.5) is 0 Å². The number of hydrogen-bond donors (Lipinski definition) is 1. The Morgan fingerprint density at radius 2 is 2.36 bits per heavy atom. The van der Waals surface area contributed by atoms with Gasteiger partial charge in [-0.1, -0.05) is 18.2 Å². The molecule has 0 radical (unpaired) electrons. The van der Waals surface area contributed by atoms with E-state index >= 15 is 0 Å². The lowest BCUT2D eigenvalue weighted by atomic mass is 10.1. The Labute approximate surface area is 86.3 Å². The molecule has 0 fully saturated rings. The molecule has 1 heterocycles. The molecule has 0 unspecified atom stereocenters. The zero-order chi connectivity index (χ0) is 10.4. The second kappa shape index (κ2) is 5.32. The van der Waals surface area contributed by atoms with E-state index in [0.29, 0.717) is 0 Å². The number of unbranched alkanes of at least 4 members (excludes halogenated alkanes) is 1. The summed E-state index contributed by atoms with van der Waals surface area (Å²) in [5, 5.41) is 9.41. The van der Waals surface area contributed by atoms with Crippen LogP contribution in [-0.2, 0) is 4.74 Å². The molecule has 0 bridgehead atoms. The first-order chi connectivity index (χ1) is 6.58. The topological polar surface area (TPSA) is 29.5 Å². The van der Waals surface area contributed by atoms with Crippen LogP contribution in [0.15, 0.2) is 23.8 Å². The Balaban J connectivity index is 2.07. The highest BCUT2D eigenvalue weighted by Gasteiger charge is 2.05. The third kappa shape index (κ3) is 5.20. The first-order valence-corrected chi connectivity index (χ1v) is 5.24. The number of ether oxygens (including phenoxy) is 1. The molecule has 0 saturated heterocycles. The first kappa shape index (κ1) is 11.5. The quantitative estimate of drug-likeness (QED) is 0.540. The average molecular weight is 196 g/mol. The smallest absolute Gasteiger partial charge is 0.0771 e. The van der Waals surface area contributed by atoms with E-state index in [1.54, 1.807) is 13.8 Å². The van der Waals surface area contributed by atoms with Gasteiger partial charge in [0.05, 0.1) is 18.8 Å². The van der Waals surface area contributed by atoms with Crippen LogP contribution in [0.3, 0.4) is 0 Å². The van der Waals surface area contributed by atoms with Gasteiger partial charge in [0.2, 0.25) is 0 Å². The number of hydrogen-bond acceptors (Lipinski definition) is 2. The molecule has 0 saturated carbocycles. The molecular weight excluding hydrogens is 176 g/mol. The van der Waals surface area contributed by atoms with Crippen LogP contribution in [0.25, 0.3) is 0 Å². The van der Waals surface area contributed by atoms with E-state index in [-0.39, 0.29) is 0 Å². The van der Waals surface area contributed by atoms with Gasteiger partial charge in [0.15, 0.2) is 0 Å². The highest BCUT2D eigenvalue weighted by Crippen LogP contribution is 2.13. The number of allylic oxidation sites excluding steroid dienone is 1. The van der Waals surface area contributed by atoms with E-state index in [0.717, 1.165) is 32.5 Å². The molecule has 0 spiro atoms. The molecule has 1 rings (SSSR count). The van der Waals surface area contributed by atoms with Gasteiger partial charge in [-0.3, -0.25) is 0 Å². The fraction of sp³-hybridized carbons (Fsp3) is 0.667. The first-order valence-electron chi connectivity index (χ1n) is 5.24. The summed E-state index contributed by atoms with van der Waals surface area (Å²) in [6, 6.07) is 0. The molecule has 0 atom stereocenters. The number of aliphatic hydroxyl groups is 1. The highest BCUT2D eigenvalue weighted by molar-refractivity contribution is 5.07. The van der Waals surface area contributed by atoms with Gasteiger partial charge in [-0.25, -0.2) is 0 Å². The Morgan fingerprint density at radius 3 is 2.93 bits per heavy atom. The lowest BCUT2D eigenvalue weighted by molar-refractivity contribution is 0.133. The highest BCUT2D eigenvalue weighted by atomic mass is 16.5. The molecule has 0 amide bonds. The average Bonchev–Trinajstić information content (AvgIpc) is 2.54. The molecule has 1 N–H and O–H groups in total. The van der Waals surface area contributed by atoms with E-state index in [9.17, 15) is 5.11 Å². The maximum atomic E-state index is 9.41. The molecule has 0 aromatic rings. The van der Waals surface area contributed by atoms with E-state index in [1.165, 1.54) is 5.57 Å². The van der Waals surface area contributed by atoms with Crippen LogP contribution >= 0.6 is 0 Å². The van der Waals surface area contributed by atoms with Gasteiger partial charge < -0.3 is 9.84 Å². The molecule has 0 aromatic heterocycles. The van der Waals surface area contributed by atoms with Gasteiger partial charge in [0, 0.05) is 0 Å². The fourth-order valence-corrected chi connectivity index (χ4v) is 1.42. The molecule has 2 heteroatoms. The van der Waals surface area contributed by atoms with Crippen molar-refractivity contribution in [2.45, 2.75) is 38.7 Å². The van der Waals surface area contributed by atoms with Crippen molar-refractivity contribution in [3.63, 3.8) is 0 Å². The monoisotopic (exact) mass is 196 g/mol. The SMILES string of the molecule is CC(C)(O)/C=C/CCCC1=CCOC1. The third-order valence-electron chi connectivity index (χ3n) is 2.17. The van der Waals surface area contributed by atoms with Crippen LogP contribution in [0.5, 0.6) is 0 Å². The van der Waals surface area contributed by atoms with Crippen LogP contribution in [0.1, 0.15) is 33.1 Å². The van der Waals surface area contributed by atoms with Crippen LogP contribution < -0.4 is 0 Å². The van der Waals surface area contributed by atoms with E-state index in [1.807, 2.05) is 6.08 Å². The summed E-state index contributed by atoms with van der Waals surface area (Å²) in [6.45, 7) is 5.18. The Morgan fingerprint density at radius 1 is 1.57 bits per heavy atom. The van der Waals surface area contributed by atoms with E-state index in [2.05, 4.69) is 12.2 Å². The van der Waals surface area contributed by atoms with Crippen molar-refractivity contribution in [2.75, 3.05) is 13.2 Å². The van der Waals surface area contributed by atoms with Crippen molar-refractivity contribution < 1.29 is 9.84 Å². The molecule has 0 aliphatic carbocycles. The van der Waals surface area contributed by atoms with Crippen LogP contribution in [-0.4, -0.2) is 23.9 Å². The summed E-state index contributed by atoms with van der Waals surface area (Å²) < 4.78 is 5.22. The van der Waals surface area contributed by atoms with Crippen LogP contribution in [0.2, 0.25) is 0 Å². The molecule has 1 aliphatic rings. The summed E-state index contributed by atoms with van der Waals surface area (Å²) in [7, 11) is 0. The zero-order valence-electron chi connectivity index (χ0n) is 9.12. The lowest BCUT2D eigenvalue weighted by Gasteiger charge is -2.09. The molecule has 80 valence electrons. The predicted octanol–water partition coefficient (Wildman–Crippen LogP) is 2.44. The van der Waals surface area contributed by atoms with Gasteiger partial charge in [0.1, 0.15) is 0 Å². The summed E-state index contributed by atoms with van der Waals surface area (Å²) >= 11 is 0. The van der Waals surface area contributed by atoms with Crippen molar-refractivity contribution in [1.29, 1.82) is 0 Å². The maximum absolute atomic E-state index is 9.41. The lowest BCUT2D eigenvalue weighted by Crippen LogP contribution is -2.13. The van der Waals surface area contributed by atoms with Gasteiger partial charge in [-0.2, -0.15) is 0 Å². The molecular formula is C12H20O2. The normalized spacial score (nSPS) is 17.8. The van der Waals surface area contributed by atoms with E-state index < -0.39 is 5.60 Å². The number of rotatable bonds is 5. The van der Waals surface area contributed by atoms with Crippen LogP contribution in [0, 0.1) is 0 Å². The van der Waals surface area contributed by atoms with Crippen molar-refractivity contribution in [3.05, 3.63) is 23.8 Å². The Hall–Kier alpha value is -0.600. The fourth-order valence-electron chi connectivity index (χ4n) is 1.42. The van der Waals surface area contributed by atoms with Crippen molar-refractivity contribution >= 4 is 0 Å². The Kier molecular flexibility index (Phi) is 4.36. The summed E-state index contributed by atoms with van der Waals surface area (Å²) in [4.78, 5) is 0. The minimum absolute atomic E-state index is 0.671. The summed E-state index contributed by atoms with van der Waals surface area (Å²) in [6.07, 6.45) is 9.36. The minimum Gasteiger partial charge on any atom is -0.386 e. The Bertz CT molecular complexity index is 221. The molecule has 2 nitrogen and oxygen atoms in total. The van der Waals surface area contributed by atoms with Gasteiger partial charge in [0.25, 0.3) is 0 Å². The summed E-state index contributed by atoms with van der Waals surface area (Å²) in [5.74, 6) is 0. The van der Waals surface area contributed by atoms with Crippen molar-refractivity contribution in [3.8, 4) is 0 Å². The van der Waals surface area contributed by atoms with Gasteiger partial charge >= 0.3 is 0 Å². The standard InChI is InChI=1S/C12H20O2/c1-12(2,13)8-5-3-4-6-11-7-9-14-10-11/h5,7-8,13H,3-4,6,9-10H2,1-2H3/b8-5+.